The van der Waals surface area contributed by atoms with Gasteiger partial charge in [-0.2, -0.15) is 0 Å². The Morgan fingerprint density at radius 1 is 0.971 bits per heavy atom. The Morgan fingerprint density at radius 2 is 1.54 bits per heavy atom. The molecular formula is C25H31ClN2O7. The van der Waals surface area contributed by atoms with Crippen molar-refractivity contribution in [3.63, 3.8) is 0 Å². The molecule has 0 bridgehead atoms. The molecule has 2 atom stereocenters. The fourth-order valence-corrected chi connectivity index (χ4v) is 4.54. The van der Waals surface area contributed by atoms with Crippen molar-refractivity contribution < 1.29 is 33.3 Å². The Morgan fingerprint density at radius 3 is 2.14 bits per heavy atom. The fourth-order valence-electron chi connectivity index (χ4n) is 4.31. The van der Waals surface area contributed by atoms with Crippen LogP contribution in [0.2, 0.25) is 5.02 Å². The van der Waals surface area contributed by atoms with E-state index < -0.39 is 6.09 Å². The largest absolute Gasteiger partial charge is 0.493 e. The van der Waals surface area contributed by atoms with Gasteiger partial charge in [0.05, 0.1) is 51.3 Å². The molecule has 3 rings (SSSR count). The number of hydrogen-bond acceptors (Lipinski definition) is 7. The summed E-state index contributed by atoms with van der Waals surface area (Å²) in [6.07, 6.45) is 0.161. The molecule has 0 saturated heterocycles. The molecule has 2 aromatic carbocycles. The van der Waals surface area contributed by atoms with Gasteiger partial charge in [-0.1, -0.05) is 11.6 Å². The van der Waals surface area contributed by atoms with E-state index in [0.29, 0.717) is 41.7 Å². The molecule has 0 saturated carbocycles. The number of methoxy groups -OCH3 is 4. The SMILES string of the molecule is CCOC(=O)N1c2cc(OC)c(OC)cc2C(CNC(=O)c2cc(OC)c(OC)cc2Cl)CC1C. The summed E-state index contributed by atoms with van der Waals surface area (Å²) in [7, 11) is 6.08. The van der Waals surface area contributed by atoms with Crippen molar-refractivity contribution in [3.05, 3.63) is 40.4 Å². The molecule has 0 fully saturated rings. The summed E-state index contributed by atoms with van der Waals surface area (Å²) in [5, 5.41) is 3.22. The van der Waals surface area contributed by atoms with E-state index in [-0.39, 0.29) is 35.1 Å². The normalized spacial score (nSPS) is 16.7. The summed E-state index contributed by atoms with van der Waals surface area (Å²) in [4.78, 5) is 27.4. The quantitative estimate of drug-likeness (QED) is 0.557. The van der Waals surface area contributed by atoms with Gasteiger partial charge in [0.15, 0.2) is 23.0 Å². The second-order valence-corrected chi connectivity index (χ2v) is 8.42. The van der Waals surface area contributed by atoms with Gasteiger partial charge in [0.2, 0.25) is 0 Å². The van der Waals surface area contributed by atoms with Crippen LogP contribution in [0.1, 0.15) is 42.1 Å². The second-order valence-electron chi connectivity index (χ2n) is 8.01. The highest BCUT2D eigenvalue weighted by molar-refractivity contribution is 6.34. The van der Waals surface area contributed by atoms with Crippen LogP contribution in [-0.4, -0.2) is 59.6 Å². The molecule has 2 unspecified atom stereocenters. The average Bonchev–Trinajstić information content (AvgIpc) is 2.85. The molecule has 10 heteroatoms. The lowest BCUT2D eigenvalue weighted by atomic mass is 9.85. The van der Waals surface area contributed by atoms with Gasteiger partial charge >= 0.3 is 6.09 Å². The van der Waals surface area contributed by atoms with E-state index in [1.165, 1.54) is 21.3 Å². The van der Waals surface area contributed by atoms with Gasteiger partial charge in [0.25, 0.3) is 5.91 Å². The summed E-state index contributed by atoms with van der Waals surface area (Å²) in [5.41, 5.74) is 1.77. The third-order valence-corrected chi connectivity index (χ3v) is 6.30. The lowest BCUT2D eigenvalue weighted by molar-refractivity contribution is 0.0949. The number of fused-ring (bicyclic) bond motifs is 1. The third-order valence-electron chi connectivity index (χ3n) is 5.99. The number of amides is 2. The maximum Gasteiger partial charge on any atom is 0.414 e. The van der Waals surface area contributed by atoms with Gasteiger partial charge in [-0.15, -0.1) is 0 Å². The minimum Gasteiger partial charge on any atom is -0.493 e. The molecular weight excluding hydrogens is 476 g/mol. The van der Waals surface area contributed by atoms with E-state index in [1.807, 2.05) is 13.0 Å². The monoisotopic (exact) mass is 506 g/mol. The zero-order chi connectivity index (χ0) is 25.7. The van der Waals surface area contributed by atoms with Crippen LogP contribution < -0.4 is 29.2 Å². The number of hydrogen-bond donors (Lipinski definition) is 1. The van der Waals surface area contributed by atoms with Crippen molar-refractivity contribution >= 4 is 29.3 Å². The Balaban J connectivity index is 1.92. The number of ether oxygens (including phenoxy) is 5. The first-order valence-corrected chi connectivity index (χ1v) is 11.6. The minimum atomic E-state index is -0.437. The number of rotatable bonds is 8. The molecule has 35 heavy (non-hydrogen) atoms. The number of carbonyl (C=O) groups excluding carboxylic acids is 2. The Bertz CT molecular complexity index is 1090. The first-order chi connectivity index (χ1) is 16.8. The topological polar surface area (TPSA) is 95.6 Å². The first kappa shape index (κ1) is 26.3. The number of nitrogens with one attached hydrogen (secondary N) is 1. The van der Waals surface area contributed by atoms with Gasteiger partial charge in [-0.3, -0.25) is 9.69 Å². The van der Waals surface area contributed by atoms with Crippen molar-refractivity contribution in [2.75, 3.05) is 46.5 Å². The number of halogens is 1. The molecule has 0 radical (unpaired) electrons. The van der Waals surface area contributed by atoms with Crippen LogP contribution in [0.25, 0.3) is 0 Å². The van der Waals surface area contributed by atoms with Crippen molar-refractivity contribution in [1.82, 2.24) is 5.32 Å². The van der Waals surface area contributed by atoms with Crippen molar-refractivity contribution in [3.8, 4) is 23.0 Å². The molecule has 1 aliphatic heterocycles. The molecule has 1 heterocycles. The molecule has 0 aliphatic carbocycles. The van der Waals surface area contributed by atoms with Crippen LogP contribution in [-0.2, 0) is 4.74 Å². The summed E-state index contributed by atoms with van der Waals surface area (Å²) >= 11 is 6.33. The number of benzene rings is 2. The highest BCUT2D eigenvalue weighted by Gasteiger charge is 2.36. The number of anilines is 1. The molecule has 1 N–H and O–H groups in total. The van der Waals surface area contributed by atoms with E-state index in [4.69, 9.17) is 35.3 Å². The summed E-state index contributed by atoms with van der Waals surface area (Å²) in [6, 6.07) is 6.52. The predicted molar refractivity (Wildman–Crippen MR) is 133 cm³/mol. The maximum absolute atomic E-state index is 13.0. The molecule has 9 nitrogen and oxygen atoms in total. The Kier molecular flexibility index (Phi) is 8.56. The fraction of sp³-hybridized carbons (Fsp3) is 0.440. The lowest BCUT2D eigenvalue weighted by Crippen LogP contribution is -2.45. The third kappa shape index (κ3) is 5.35. The predicted octanol–water partition coefficient (Wildman–Crippen LogP) is 4.64. The average molecular weight is 507 g/mol. The first-order valence-electron chi connectivity index (χ1n) is 11.2. The van der Waals surface area contributed by atoms with Gasteiger partial charge in [0, 0.05) is 30.6 Å². The molecule has 0 aromatic heterocycles. The Labute approximate surface area is 210 Å². The van der Waals surface area contributed by atoms with Crippen LogP contribution in [0.3, 0.4) is 0 Å². The van der Waals surface area contributed by atoms with Crippen LogP contribution in [0.4, 0.5) is 10.5 Å². The number of carbonyl (C=O) groups is 2. The van der Waals surface area contributed by atoms with Crippen LogP contribution in [0.15, 0.2) is 24.3 Å². The zero-order valence-electron chi connectivity index (χ0n) is 20.8. The second kappa shape index (κ2) is 11.4. The zero-order valence-corrected chi connectivity index (χ0v) is 21.5. The molecule has 190 valence electrons. The number of nitrogens with zero attached hydrogens (tertiary/aromatic N) is 1. The van der Waals surface area contributed by atoms with E-state index in [1.54, 1.807) is 37.1 Å². The van der Waals surface area contributed by atoms with Crippen LogP contribution in [0, 0.1) is 0 Å². The van der Waals surface area contributed by atoms with Gasteiger partial charge in [0.1, 0.15) is 0 Å². The van der Waals surface area contributed by atoms with Crippen molar-refractivity contribution in [2.24, 2.45) is 0 Å². The smallest absolute Gasteiger partial charge is 0.414 e. The van der Waals surface area contributed by atoms with E-state index in [2.05, 4.69) is 5.32 Å². The summed E-state index contributed by atoms with van der Waals surface area (Å²) < 4.78 is 26.8. The molecule has 1 aliphatic rings. The Hall–Kier alpha value is -3.33. The van der Waals surface area contributed by atoms with Crippen LogP contribution >= 0.6 is 11.6 Å². The summed E-state index contributed by atoms with van der Waals surface area (Å²) in [6.45, 7) is 4.28. The van der Waals surface area contributed by atoms with Crippen LogP contribution in [0.5, 0.6) is 23.0 Å². The highest BCUT2D eigenvalue weighted by Crippen LogP contribution is 2.44. The van der Waals surface area contributed by atoms with E-state index in [9.17, 15) is 9.59 Å². The van der Waals surface area contributed by atoms with Gasteiger partial charge < -0.3 is 29.0 Å². The van der Waals surface area contributed by atoms with Gasteiger partial charge in [-0.25, -0.2) is 4.79 Å². The molecule has 2 amide bonds. The van der Waals surface area contributed by atoms with E-state index in [0.717, 1.165) is 5.56 Å². The molecule has 2 aromatic rings. The van der Waals surface area contributed by atoms with E-state index >= 15 is 0 Å². The maximum atomic E-state index is 13.0. The van der Waals surface area contributed by atoms with Gasteiger partial charge in [-0.05, 0) is 38.0 Å². The summed E-state index contributed by atoms with van der Waals surface area (Å²) in [5.74, 6) is 1.41. The highest BCUT2D eigenvalue weighted by atomic mass is 35.5. The van der Waals surface area contributed by atoms with Crippen molar-refractivity contribution in [1.29, 1.82) is 0 Å². The minimum absolute atomic E-state index is 0.103. The lowest BCUT2D eigenvalue weighted by Gasteiger charge is -2.39. The standard InChI is InChI=1S/C25H31ClN2O7/c1-7-35-25(30)28-14(2)8-15(16-9-20(31-3)23(34-6)12-19(16)28)13-27-24(29)17-10-21(32-4)22(33-5)11-18(17)26/h9-12,14-15H,7-8,13H2,1-6H3,(H,27,29). The van der Waals surface area contributed by atoms with Crippen molar-refractivity contribution in [2.45, 2.75) is 32.2 Å². The molecule has 0 spiro atoms.